The zero-order chi connectivity index (χ0) is 5.21. The van der Waals surface area contributed by atoms with Crippen molar-refractivity contribution in [3.8, 4) is 0 Å². The fourth-order valence-electron chi connectivity index (χ4n) is 0. The molecular formula is C4H10FN. The first kappa shape index (κ1) is 5.89. The SMILES string of the molecule is CCC(C)(N)F. The molecule has 0 saturated carbocycles. The molecule has 6 heavy (non-hydrogen) atoms. The van der Waals surface area contributed by atoms with E-state index in [0.29, 0.717) is 6.42 Å². The van der Waals surface area contributed by atoms with E-state index in [1.165, 1.54) is 6.92 Å². The van der Waals surface area contributed by atoms with Crippen LogP contribution < -0.4 is 5.73 Å². The van der Waals surface area contributed by atoms with Gasteiger partial charge in [0.25, 0.3) is 0 Å². The molecule has 0 aliphatic rings. The van der Waals surface area contributed by atoms with Gasteiger partial charge >= 0.3 is 0 Å². The molecule has 2 heteroatoms. The Labute approximate surface area is 37.3 Å². The molecule has 0 aliphatic heterocycles. The van der Waals surface area contributed by atoms with Crippen LogP contribution in [0.15, 0.2) is 0 Å². The van der Waals surface area contributed by atoms with Crippen molar-refractivity contribution in [2.45, 2.75) is 26.1 Å². The normalized spacial score (nSPS) is 20.0. The molecule has 0 aromatic heterocycles. The summed E-state index contributed by atoms with van der Waals surface area (Å²) in [4.78, 5) is 0. The molecule has 0 aromatic rings. The topological polar surface area (TPSA) is 26.0 Å². The van der Waals surface area contributed by atoms with Gasteiger partial charge in [0.1, 0.15) is 0 Å². The van der Waals surface area contributed by atoms with E-state index in [1.807, 2.05) is 0 Å². The lowest BCUT2D eigenvalue weighted by molar-refractivity contribution is 0.193. The molecule has 1 atom stereocenters. The van der Waals surface area contributed by atoms with Crippen molar-refractivity contribution in [1.29, 1.82) is 0 Å². The molecule has 0 saturated heterocycles. The fraction of sp³-hybridized carbons (Fsp3) is 1.00. The second-order valence-corrected chi connectivity index (χ2v) is 1.63. The number of alkyl halides is 1. The molecule has 0 amide bonds. The van der Waals surface area contributed by atoms with Gasteiger partial charge in [-0.1, -0.05) is 6.92 Å². The molecule has 0 rings (SSSR count). The Hall–Kier alpha value is -0.110. The Morgan fingerprint density at radius 2 is 2.00 bits per heavy atom. The molecule has 38 valence electrons. The Balaban J connectivity index is 3.17. The van der Waals surface area contributed by atoms with E-state index in [-0.39, 0.29) is 0 Å². The van der Waals surface area contributed by atoms with Crippen molar-refractivity contribution in [3.05, 3.63) is 0 Å². The van der Waals surface area contributed by atoms with Gasteiger partial charge in [-0.25, -0.2) is 4.39 Å². The summed E-state index contributed by atoms with van der Waals surface area (Å²) in [5, 5.41) is 0. The third-order valence-electron chi connectivity index (χ3n) is 0.691. The van der Waals surface area contributed by atoms with Crippen molar-refractivity contribution in [1.82, 2.24) is 0 Å². The molecule has 2 N–H and O–H groups in total. The Kier molecular flexibility index (Phi) is 1.53. The van der Waals surface area contributed by atoms with Crippen molar-refractivity contribution in [2.75, 3.05) is 0 Å². The summed E-state index contributed by atoms with van der Waals surface area (Å²) in [5.41, 5.74) is 4.87. The lowest BCUT2D eigenvalue weighted by Gasteiger charge is -2.07. The number of rotatable bonds is 1. The highest BCUT2D eigenvalue weighted by Gasteiger charge is 2.09. The van der Waals surface area contributed by atoms with Crippen molar-refractivity contribution in [2.24, 2.45) is 5.73 Å². The average Bonchev–Trinajstić information content (AvgIpc) is 1.35. The minimum absolute atomic E-state index is 0.382. The highest BCUT2D eigenvalue weighted by molar-refractivity contribution is 4.57. The van der Waals surface area contributed by atoms with E-state index < -0.39 is 5.79 Å². The first-order valence-electron chi connectivity index (χ1n) is 2.04. The predicted molar refractivity (Wildman–Crippen MR) is 24.0 cm³/mol. The molecule has 1 nitrogen and oxygen atoms in total. The summed E-state index contributed by atoms with van der Waals surface area (Å²) in [6, 6.07) is 0. The van der Waals surface area contributed by atoms with Gasteiger partial charge < -0.3 is 0 Å². The van der Waals surface area contributed by atoms with E-state index in [2.05, 4.69) is 0 Å². The first-order valence-corrected chi connectivity index (χ1v) is 2.04. The summed E-state index contributed by atoms with van der Waals surface area (Å²) in [6.45, 7) is 3.06. The number of halogens is 1. The molecule has 0 aliphatic carbocycles. The summed E-state index contributed by atoms with van der Waals surface area (Å²) >= 11 is 0. The van der Waals surface area contributed by atoms with E-state index in [1.54, 1.807) is 6.92 Å². The summed E-state index contributed by atoms with van der Waals surface area (Å²) in [7, 11) is 0. The molecule has 0 heterocycles. The molecule has 0 fully saturated rings. The second-order valence-electron chi connectivity index (χ2n) is 1.63. The van der Waals surface area contributed by atoms with Crippen LogP contribution in [0.1, 0.15) is 20.3 Å². The number of hydrogen-bond acceptors (Lipinski definition) is 1. The van der Waals surface area contributed by atoms with Crippen LogP contribution in [0.4, 0.5) is 4.39 Å². The minimum atomic E-state index is -1.46. The van der Waals surface area contributed by atoms with Crippen molar-refractivity contribution >= 4 is 0 Å². The maximum absolute atomic E-state index is 11.9. The third kappa shape index (κ3) is 3.89. The minimum Gasteiger partial charge on any atom is -0.299 e. The molecule has 1 unspecified atom stereocenters. The average molecular weight is 91.1 g/mol. The highest BCUT2D eigenvalue weighted by Crippen LogP contribution is 2.02. The van der Waals surface area contributed by atoms with E-state index in [0.717, 1.165) is 0 Å². The van der Waals surface area contributed by atoms with Gasteiger partial charge in [0.2, 0.25) is 0 Å². The smallest absolute Gasteiger partial charge is 0.156 e. The van der Waals surface area contributed by atoms with Crippen LogP contribution in [0.3, 0.4) is 0 Å². The van der Waals surface area contributed by atoms with Gasteiger partial charge in [-0.05, 0) is 13.3 Å². The lowest BCUT2D eigenvalue weighted by Crippen LogP contribution is -2.28. The van der Waals surface area contributed by atoms with Crippen LogP contribution in [-0.4, -0.2) is 5.79 Å². The molecule has 0 bridgehead atoms. The maximum Gasteiger partial charge on any atom is 0.156 e. The zero-order valence-electron chi connectivity index (χ0n) is 4.16. The van der Waals surface area contributed by atoms with Crippen LogP contribution in [0, 0.1) is 0 Å². The van der Waals surface area contributed by atoms with Gasteiger partial charge in [-0.2, -0.15) is 0 Å². The highest BCUT2D eigenvalue weighted by atomic mass is 19.1. The summed E-state index contributed by atoms with van der Waals surface area (Å²) < 4.78 is 11.9. The van der Waals surface area contributed by atoms with Gasteiger partial charge in [-0.3, -0.25) is 5.73 Å². The number of nitrogens with two attached hydrogens (primary N) is 1. The molecular weight excluding hydrogens is 81.0 g/mol. The third-order valence-corrected chi connectivity index (χ3v) is 0.691. The number of hydrogen-bond donors (Lipinski definition) is 1. The van der Waals surface area contributed by atoms with Crippen LogP contribution >= 0.6 is 0 Å². The molecule has 0 radical (unpaired) electrons. The predicted octanol–water partition coefficient (Wildman–Crippen LogP) is 1.04. The van der Waals surface area contributed by atoms with Gasteiger partial charge in [-0.15, -0.1) is 0 Å². The van der Waals surface area contributed by atoms with Crippen LogP contribution in [0.5, 0.6) is 0 Å². The van der Waals surface area contributed by atoms with Gasteiger partial charge in [0.05, 0.1) is 0 Å². The van der Waals surface area contributed by atoms with Gasteiger partial charge in [0, 0.05) is 0 Å². The quantitative estimate of drug-likeness (QED) is 0.479. The summed E-state index contributed by atoms with van der Waals surface area (Å²) in [5.74, 6) is -1.46. The van der Waals surface area contributed by atoms with Crippen molar-refractivity contribution in [3.63, 3.8) is 0 Å². The Morgan fingerprint density at radius 3 is 2.00 bits per heavy atom. The second kappa shape index (κ2) is 1.56. The van der Waals surface area contributed by atoms with E-state index in [9.17, 15) is 4.39 Å². The summed E-state index contributed by atoms with van der Waals surface area (Å²) in [6.07, 6.45) is 0.382. The van der Waals surface area contributed by atoms with E-state index in [4.69, 9.17) is 5.73 Å². The Morgan fingerprint density at radius 1 is 1.83 bits per heavy atom. The van der Waals surface area contributed by atoms with Crippen LogP contribution in [0.25, 0.3) is 0 Å². The van der Waals surface area contributed by atoms with E-state index >= 15 is 0 Å². The lowest BCUT2D eigenvalue weighted by atomic mass is 10.2. The Bertz CT molecular complexity index is 37.3. The molecule has 0 aromatic carbocycles. The van der Waals surface area contributed by atoms with Crippen LogP contribution in [0.2, 0.25) is 0 Å². The maximum atomic E-state index is 11.9. The first-order chi connectivity index (χ1) is 2.56. The monoisotopic (exact) mass is 91.1 g/mol. The zero-order valence-corrected chi connectivity index (χ0v) is 4.16. The fourth-order valence-corrected chi connectivity index (χ4v) is 0. The van der Waals surface area contributed by atoms with Crippen LogP contribution in [-0.2, 0) is 0 Å². The van der Waals surface area contributed by atoms with Gasteiger partial charge in [0.15, 0.2) is 5.79 Å². The molecule has 0 spiro atoms. The van der Waals surface area contributed by atoms with Crippen molar-refractivity contribution < 1.29 is 4.39 Å². The standard InChI is InChI=1S/C4H10FN/c1-3-4(2,5)6/h3,6H2,1-2H3. The largest absolute Gasteiger partial charge is 0.299 e.